The minimum Gasteiger partial charge on any atom is -0.495 e. The van der Waals surface area contributed by atoms with Crippen molar-refractivity contribution in [3.05, 3.63) is 59.1 Å². The van der Waals surface area contributed by atoms with Gasteiger partial charge in [-0.05, 0) is 32.0 Å². The van der Waals surface area contributed by atoms with Crippen molar-refractivity contribution in [3.8, 4) is 5.75 Å². The molecule has 0 unspecified atom stereocenters. The van der Waals surface area contributed by atoms with Gasteiger partial charge in [-0.15, -0.1) is 0 Å². The first-order valence-corrected chi connectivity index (χ1v) is 7.93. The Bertz CT molecular complexity index is 661. The fourth-order valence-corrected chi connectivity index (χ4v) is 2.65. The summed E-state index contributed by atoms with van der Waals surface area (Å²) < 4.78 is 5.10. The monoisotopic (exact) mass is 333 g/mol. The van der Waals surface area contributed by atoms with Crippen molar-refractivity contribution >= 4 is 23.2 Å². The molecule has 1 amide bonds. The first-order valence-electron chi connectivity index (χ1n) is 7.55. The van der Waals surface area contributed by atoms with E-state index in [1.54, 1.807) is 25.3 Å². The molecule has 2 rings (SSSR count). The van der Waals surface area contributed by atoms with Crippen LogP contribution in [0, 0.1) is 0 Å². The molecule has 2 atom stereocenters. The number of nitrogens with one attached hydrogen (secondary N) is 1. The van der Waals surface area contributed by atoms with Gasteiger partial charge in [0.15, 0.2) is 6.04 Å². The molecule has 0 aliphatic rings. The largest absolute Gasteiger partial charge is 0.495 e. The number of quaternary nitrogens is 1. The molecule has 0 saturated carbocycles. The van der Waals surface area contributed by atoms with Gasteiger partial charge in [-0.25, -0.2) is 0 Å². The minimum absolute atomic E-state index is 0.0611. The second-order valence-electron chi connectivity index (χ2n) is 5.52. The van der Waals surface area contributed by atoms with Crippen LogP contribution < -0.4 is 15.4 Å². The highest BCUT2D eigenvalue weighted by atomic mass is 35.5. The van der Waals surface area contributed by atoms with Gasteiger partial charge in [0.1, 0.15) is 11.8 Å². The summed E-state index contributed by atoms with van der Waals surface area (Å²) in [5.41, 5.74) is 1.85. The van der Waals surface area contributed by atoms with E-state index in [0.29, 0.717) is 16.5 Å². The van der Waals surface area contributed by atoms with Crippen LogP contribution in [0.1, 0.15) is 25.5 Å². The standard InChI is InChI=1S/C18H21ClN2O2/c1-12(14-7-5-4-6-8-14)20-13(2)18(22)21-15-9-10-17(23-3)16(19)11-15/h4-13,20H,1-3H3,(H,21,22)/p+1/t12-,13-/m0/s1. The Morgan fingerprint density at radius 2 is 1.87 bits per heavy atom. The van der Waals surface area contributed by atoms with E-state index in [1.807, 2.05) is 30.4 Å². The van der Waals surface area contributed by atoms with E-state index in [2.05, 4.69) is 24.4 Å². The zero-order valence-corrected chi connectivity index (χ0v) is 14.3. The van der Waals surface area contributed by atoms with Gasteiger partial charge in [0.05, 0.1) is 12.1 Å². The van der Waals surface area contributed by atoms with Crippen molar-refractivity contribution < 1.29 is 14.8 Å². The number of methoxy groups -OCH3 is 1. The molecular weight excluding hydrogens is 312 g/mol. The van der Waals surface area contributed by atoms with Crippen LogP contribution in [0.3, 0.4) is 0 Å². The van der Waals surface area contributed by atoms with Crippen LogP contribution >= 0.6 is 11.6 Å². The van der Waals surface area contributed by atoms with Crippen LogP contribution in [0.2, 0.25) is 5.02 Å². The number of ether oxygens (including phenoxy) is 1. The van der Waals surface area contributed by atoms with Crippen LogP contribution in [0.4, 0.5) is 5.69 Å². The molecule has 0 aliphatic heterocycles. The minimum atomic E-state index is -0.217. The summed E-state index contributed by atoms with van der Waals surface area (Å²) in [6, 6.07) is 15.3. The van der Waals surface area contributed by atoms with E-state index < -0.39 is 0 Å². The number of halogens is 1. The van der Waals surface area contributed by atoms with Gasteiger partial charge in [-0.3, -0.25) is 4.79 Å². The summed E-state index contributed by atoms with van der Waals surface area (Å²) in [7, 11) is 1.56. The fraction of sp³-hybridized carbons (Fsp3) is 0.278. The lowest BCUT2D eigenvalue weighted by Gasteiger charge is -2.17. The van der Waals surface area contributed by atoms with E-state index in [-0.39, 0.29) is 18.0 Å². The molecule has 3 N–H and O–H groups in total. The van der Waals surface area contributed by atoms with Crippen LogP contribution in [0.15, 0.2) is 48.5 Å². The molecule has 23 heavy (non-hydrogen) atoms. The van der Waals surface area contributed by atoms with Crippen LogP contribution in [-0.4, -0.2) is 19.1 Å². The van der Waals surface area contributed by atoms with Gasteiger partial charge < -0.3 is 15.4 Å². The molecule has 2 aromatic rings. The van der Waals surface area contributed by atoms with Crippen LogP contribution in [0.25, 0.3) is 0 Å². The van der Waals surface area contributed by atoms with Crippen molar-refractivity contribution in [1.29, 1.82) is 0 Å². The molecule has 0 aliphatic carbocycles. The Hall–Kier alpha value is -2.04. The lowest BCUT2D eigenvalue weighted by Crippen LogP contribution is -2.91. The number of hydrogen-bond acceptors (Lipinski definition) is 2. The van der Waals surface area contributed by atoms with E-state index in [1.165, 1.54) is 5.56 Å². The van der Waals surface area contributed by atoms with Crippen molar-refractivity contribution in [2.24, 2.45) is 0 Å². The number of carbonyl (C=O) groups excluding carboxylic acids is 1. The van der Waals surface area contributed by atoms with Crippen molar-refractivity contribution in [2.75, 3.05) is 12.4 Å². The first-order chi connectivity index (χ1) is 11.0. The summed E-state index contributed by atoms with van der Waals surface area (Å²) in [5, 5.41) is 5.39. The number of anilines is 1. The molecule has 0 bridgehead atoms. The maximum absolute atomic E-state index is 12.3. The van der Waals surface area contributed by atoms with Gasteiger partial charge in [0, 0.05) is 11.3 Å². The SMILES string of the molecule is COc1ccc(NC(=O)[C@H](C)[NH2+][C@@H](C)c2ccccc2)cc1Cl. The molecule has 0 heterocycles. The predicted molar refractivity (Wildman–Crippen MR) is 92.9 cm³/mol. The highest BCUT2D eigenvalue weighted by molar-refractivity contribution is 6.32. The predicted octanol–water partition coefficient (Wildman–Crippen LogP) is 3.00. The summed E-state index contributed by atoms with van der Waals surface area (Å²) >= 11 is 6.07. The first kappa shape index (κ1) is 17.3. The normalized spacial score (nSPS) is 13.2. The van der Waals surface area contributed by atoms with E-state index >= 15 is 0 Å². The highest BCUT2D eigenvalue weighted by Gasteiger charge is 2.20. The molecule has 2 aromatic carbocycles. The van der Waals surface area contributed by atoms with E-state index in [4.69, 9.17) is 16.3 Å². The van der Waals surface area contributed by atoms with Crippen LogP contribution in [-0.2, 0) is 4.79 Å². The molecule has 4 nitrogen and oxygen atoms in total. The van der Waals surface area contributed by atoms with Gasteiger partial charge in [-0.2, -0.15) is 0 Å². The number of carbonyl (C=O) groups is 1. The van der Waals surface area contributed by atoms with Crippen LogP contribution in [0.5, 0.6) is 5.75 Å². The number of amides is 1. The molecule has 5 heteroatoms. The zero-order chi connectivity index (χ0) is 16.8. The molecular formula is C18H22ClN2O2+. The summed E-state index contributed by atoms with van der Waals surface area (Å²) in [6.07, 6.45) is 0. The zero-order valence-electron chi connectivity index (χ0n) is 13.5. The lowest BCUT2D eigenvalue weighted by molar-refractivity contribution is -0.709. The second-order valence-corrected chi connectivity index (χ2v) is 5.93. The third kappa shape index (κ3) is 4.71. The Kier molecular flexibility index (Phi) is 6.02. The van der Waals surface area contributed by atoms with Gasteiger partial charge in [0.2, 0.25) is 0 Å². The Balaban J connectivity index is 1.96. The fourth-order valence-electron chi connectivity index (χ4n) is 2.39. The van der Waals surface area contributed by atoms with Crippen molar-refractivity contribution in [2.45, 2.75) is 25.9 Å². The molecule has 0 spiro atoms. The third-order valence-electron chi connectivity index (χ3n) is 3.74. The smallest absolute Gasteiger partial charge is 0.282 e. The molecule has 0 saturated heterocycles. The maximum atomic E-state index is 12.3. The highest BCUT2D eigenvalue weighted by Crippen LogP contribution is 2.27. The third-order valence-corrected chi connectivity index (χ3v) is 4.03. The Morgan fingerprint density at radius 3 is 2.48 bits per heavy atom. The van der Waals surface area contributed by atoms with E-state index in [9.17, 15) is 4.79 Å². The van der Waals surface area contributed by atoms with Gasteiger partial charge in [0.25, 0.3) is 5.91 Å². The average molecular weight is 334 g/mol. The van der Waals surface area contributed by atoms with E-state index in [0.717, 1.165) is 0 Å². The second kappa shape index (κ2) is 7.99. The maximum Gasteiger partial charge on any atom is 0.282 e. The molecule has 0 aromatic heterocycles. The molecule has 0 radical (unpaired) electrons. The van der Waals surface area contributed by atoms with Crippen molar-refractivity contribution in [1.82, 2.24) is 0 Å². The summed E-state index contributed by atoms with van der Waals surface area (Å²) in [4.78, 5) is 12.3. The average Bonchev–Trinajstić information content (AvgIpc) is 2.55. The van der Waals surface area contributed by atoms with Gasteiger partial charge in [-0.1, -0.05) is 41.9 Å². The number of benzene rings is 2. The molecule has 0 fully saturated rings. The topological polar surface area (TPSA) is 54.9 Å². The number of nitrogens with two attached hydrogens (primary N) is 1. The lowest BCUT2D eigenvalue weighted by atomic mass is 10.1. The molecule has 122 valence electrons. The number of hydrogen-bond donors (Lipinski definition) is 2. The van der Waals surface area contributed by atoms with Crippen molar-refractivity contribution in [3.63, 3.8) is 0 Å². The summed E-state index contributed by atoms with van der Waals surface area (Å²) in [5.74, 6) is 0.524. The number of rotatable bonds is 6. The quantitative estimate of drug-likeness (QED) is 0.853. The summed E-state index contributed by atoms with van der Waals surface area (Å²) in [6.45, 7) is 3.98. The Labute approximate surface area is 141 Å². The Morgan fingerprint density at radius 1 is 1.17 bits per heavy atom. The van der Waals surface area contributed by atoms with Gasteiger partial charge >= 0.3 is 0 Å².